The Kier molecular flexibility index (Phi) is 22.8. The number of likely N-dealkylation sites (N-methyl/N-ethyl adjacent to an activating group) is 1. The van der Waals surface area contributed by atoms with E-state index in [1.54, 1.807) is 0 Å². The first-order chi connectivity index (χ1) is 17.1. The van der Waals surface area contributed by atoms with Gasteiger partial charge in [-0.1, -0.05) is 103 Å². The molecule has 0 aromatic rings. The van der Waals surface area contributed by atoms with Gasteiger partial charge in [-0.2, -0.15) is 4.89 Å². The van der Waals surface area contributed by atoms with Gasteiger partial charge in [-0.15, -0.1) is 4.52 Å². The van der Waals surface area contributed by atoms with E-state index in [9.17, 15) is 13.0 Å². The van der Waals surface area contributed by atoms with Crippen molar-refractivity contribution in [2.75, 3.05) is 45.8 Å². The van der Waals surface area contributed by atoms with Crippen LogP contribution in [-0.4, -0.2) is 64.8 Å². The first kappa shape index (κ1) is 35.9. The fourth-order valence-corrected chi connectivity index (χ4v) is 6.27. The van der Waals surface area contributed by atoms with Gasteiger partial charge >= 0.3 is 8.25 Å². The Morgan fingerprint density at radius 2 is 1.11 bits per heavy atom. The molecule has 0 aliphatic carbocycles. The zero-order chi connectivity index (χ0) is 27.1. The molecule has 0 N–H and O–H groups in total. The molecular formula is C27H58NO6PS+2. The summed E-state index contributed by atoms with van der Waals surface area (Å²) in [4.78, 5) is 5.08. The van der Waals surface area contributed by atoms with Gasteiger partial charge in [-0.05, 0) is 19.8 Å². The van der Waals surface area contributed by atoms with Crippen LogP contribution in [0.4, 0.5) is 0 Å². The topological polar surface area (TPSA) is 78.9 Å². The van der Waals surface area contributed by atoms with E-state index in [2.05, 4.69) is 6.92 Å². The van der Waals surface area contributed by atoms with Crippen molar-refractivity contribution in [3.63, 3.8) is 0 Å². The van der Waals surface area contributed by atoms with Crippen LogP contribution < -0.4 is 0 Å². The first-order valence-corrected chi connectivity index (χ1v) is 17.4. The average molecular weight is 556 g/mol. The van der Waals surface area contributed by atoms with Crippen molar-refractivity contribution in [2.24, 2.45) is 0 Å². The Morgan fingerprint density at radius 3 is 1.56 bits per heavy atom. The molecule has 0 bridgehead atoms. The first-order valence-electron chi connectivity index (χ1n) is 14.5. The minimum Gasteiger partial charge on any atom is -0.329 e. The normalized spacial score (nSPS) is 13.8. The molecule has 0 aliphatic rings. The number of unbranched alkanes of at least 4 members (excludes halogenated alkanes) is 15. The van der Waals surface area contributed by atoms with E-state index in [4.69, 9.17) is 14.1 Å². The van der Waals surface area contributed by atoms with E-state index in [-0.39, 0.29) is 24.2 Å². The maximum Gasteiger partial charge on any atom is 0.728 e. The highest BCUT2D eigenvalue weighted by Crippen LogP contribution is 2.25. The predicted molar refractivity (Wildman–Crippen MR) is 151 cm³/mol. The van der Waals surface area contributed by atoms with Gasteiger partial charge in [0.25, 0.3) is 0 Å². The van der Waals surface area contributed by atoms with Gasteiger partial charge in [-0.3, -0.25) is 0 Å². The van der Waals surface area contributed by atoms with E-state index < -0.39 is 18.1 Å². The Balaban J connectivity index is 3.51. The van der Waals surface area contributed by atoms with Crippen LogP contribution in [0, 0.1) is 0 Å². The molecule has 0 heterocycles. The summed E-state index contributed by atoms with van der Waals surface area (Å²) in [6.45, 7) is 4.86. The number of sulfone groups is 1. The minimum atomic E-state index is -3.09. The maximum atomic E-state index is 12.2. The number of hydrogen-bond donors (Lipinski definition) is 0. The summed E-state index contributed by atoms with van der Waals surface area (Å²) < 4.78 is 46.6. The molecular weight excluding hydrogens is 497 g/mol. The molecule has 0 aromatic carbocycles. The molecule has 0 amide bonds. The molecule has 2 atom stereocenters. The standard InChI is InChI=1S/C27H58NO6PS/c1-6-7-8-9-10-11-12-13-14-15-16-17-18-19-20-21-24-36(30,31)25-22-23-32-35(29)34-33-27(2)26-28(3,4)5/h27H,6-26H2,1-5H3/q+2. The van der Waals surface area contributed by atoms with E-state index in [0.29, 0.717) is 17.4 Å². The van der Waals surface area contributed by atoms with Crippen LogP contribution in [0.5, 0.6) is 0 Å². The molecule has 0 fully saturated rings. The molecule has 0 spiro atoms. The lowest BCUT2D eigenvalue weighted by atomic mass is 10.0. The van der Waals surface area contributed by atoms with Gasteiger partial charge in [0, 0.05) is 4.57 Å². The second-order valence-corrected chi connectivity index (χ2v) is 14.5. The summed E-state index contributed by atoms with van der Waals surface area (Å²) in [5.74, 6) is 0.271. The van der Waals surface area contributed by atoms with Crippen LogP contribution in [0.2, 0.25) is 0 Å². The second kappa shape index (κ2) is 22.8. The molecule has 9 heteroatoms. The van der Waals surface area contributed by atoms with Crippen molar-refractivity contribution in [1.29, 1.82) is 0 Å². The Labute approximate surface area is 224 Å². The Hall–Kier alpha value is -0.110. The van der Waals surface area contributed by atoms with Gasteiger partial charge in [-0.25, -0.2) is 8.42 Å². The lowest BCUT2D eigenvalue weighted by Crippen LogP contribution is -2.41. The molecule has 36 heavy (non-hydrogen) atoms. The summed E-state index contributed by atoms with van der Waals surface area (Å²) >= 11 is 0. The zero-order valence-corrected chi connectivity index (χ0v) is 25.9. The van der Waals surface area contributed by atoms with Crippen LogP contribution in [-0.2, 0) is 28.5 Å². The molecule has 0 rings (SSSR count). The average Bonchev–Trinajstić information content (AvgIpc) is 2.79. The molecule has 2 unspecified atom stereocenters. The molecule has 0 saturated carbocycles. The number of quaternary nitrogens is 1. The quantitative estimate of drug-likeness (QED) is 0.0339. The van der Waals surface area contributed by atoms with Crippen molar-refractivity contribution in [3.05, 3.63) is 0 Å². The number of hydrogen-bond acceptors (Lipinski definition) is 6. The van der Waals surface area contributed by atoms with Crippen LogP contribution in [0.3, 0.4) is 0 Å². The van der Waals surface area contributed by atoms with Gasteiger partial charge in [0.2, 0.25) is 0 Å². The van der Waals surface area contributed by atoms with Crippen LogP contribution in [0.25, 0.3) is 0 Å². The molecule has 216 valence electrons. The number of rotatable bonds is 27. The Morgan fingerprint density at radius 1 is 0.694 bits per heavy atom. The maximum absolute atomic E-state index is 12.2. The smallest absolute Gasteiger partial charge is 0.329 e. The SMILES string of the molecule is CCCCCCCCCCCCCCCCCCS(=O)(=O)CCCO[P+](=O)OOC(C)C[N+](C)(C)C. The lowest BCUT2D eigenvalue weighted by molar-refractivity contribution is -0.874. The third kappa shape index (κ3) is 26.9. The Bertz CT molecular complexity index is 624. The molecule has 7 nitrogen and oxygen atoms in total. The summed E-state index contributed by atoms with van der Waals surface area (Å²) in [7, 11) is 0.574. The summed E-state index contributed by atoms with van der Waals surface area (Å²) in [5.41, 5.74) is 0. The van der Waals surface area contributed by atoms with Crippen molar-refractivity contribution < 1.29 is 31.6 Å². The minimum absolute atomic E-state index is 0.0493. The van der Waals surface area contributed by atoms with Gasteiger partial charge in [0.05, 0.1) is 37.3 Å². The van der Waals surface area contributed by atoms with Crippen LogP contribution in [0.1, 0.15) is 123 Å². The van der Waals surface area contributed by atoms with Crippen LogP contribution in [0.15, 0.2) is 0 Å². The number of nitrogens with zero attached hydrogens (tertiary/aromatic N) is 1. The monoisotopic (exact) mass is 555 g/mol. The lowest BCUT2D eigenvalue weighted by Gasteiger charge is -2.25. The predicted octanol–water partition coefficient (Wildman–Crippen LogP) is 7.77. The van der Waals surface area contributed by atoms with Crippen molar-refractivity contribution in [3.8, 4) is 0 Å². The van der Waals surface area contributed by atoms with Crippen molar-refractivity contribution in [2.45, 2.75) is 129 Å². The molecule has 0 aliphatic heterocycles. The highest BCUT2D eigenvalue weighted by atomic mass is 32.2. The van der Waals surface area contributed by atoms with Gasteiger partial charge < -0.3 is 4.48 Å². The molecule has 0 radical (unpaired) electrons. The fraction of sp³-hybridized carbons (Fsp3) is 1.00. The summed E-state index contributed by atoms with van der Waals surface area (Å²) in [6.07, 6.45) is 20.5. The summed E-state index contributed by atoms with van der Waals surface area (Å²) in [6, 6.07) is 0. The van der Waals surface area contributed by atoms with E-state index in [0.717, 1.165) is 19.3 Å². The zero-order valence-electron chi connectivity index (χ0n) is 24.2. The third-order valence-corrected chi connectivity index (χ3v) is 8.60. The van der Waals surface area contributed by atoms with Crippen LogP contribution >= 0.6 is 8.25 Å². The molecule has 0 saturated heterocycles. The third-order valence-electron chi connectivity index (χ3n) is 6.18. The van der Waals surface area contributed by atoms with E-state index >= 15 is 0 Å². The highest BCUT2D eigenvalue weighted by molar-refractivity contribution is 7.91. The largest absolute Gasteiger partial charge is 0.728 e. The van der Waals surface area contributed by atoms with Gasteiger partial charge in [0.1, 0.15) is 29.1 Å². The van der Waals surface area contributed by atoms with Crippen molar-refractivity contribution >= 4 is 18.1 Å². The highest BCUT2D eigenvalue weighted by Gasteiger charge is 2.26. The van der Waals surface area contributed by atoms with E-state index in [1.807, 2.05) is 28.1 Å². The van der Waals surface area contributed by atoms with Crippen molar-refractivity contribution in [1.82, 2.24) is 0 Å². The fourth-order valence-electron chi connectivity index (χ4n) is 4.32. The van der Waals surface area contributed by atoms with E-state index in [1.165, 1.54) is 83.5 Å². The second-order valence-electron chi connectivity index (χ2n) is 11.3. The van der Waals surface area contributed by atoms with Gasteiger partial charge in [0.15, 0.2) is 0 Å². The summed E-state index contributed by atoms with van der Waals surface area (Å²) in [5, 5.41) is 0. The molecule has 0 aromatic heterocycles.